The molecule has 0 radical (unpaired) electrons. The lowest BCUT2D eigenvalue weighted by atomic mass is 9.90. The minimum absolute atomic E-state index is 0.172. The van der Waals surface area contributed by atoms with E-state index in [1.807, 2.05) is 13.8 Å². The van der Waals surface area contributed by atoms with Crippen LogP contribution in [-0.2, 0) is 4.74 Å². The van der Waals surface area contributed by atoms with Gasteiger partial charge in [-0.2, -0.15) is 5.26 Å². The molecule has 0 saturated heterocycles. The van der Waals surface area contributed by atoms with Crippen molar-refractivity contribution in [3.63, 3.8) is 0 Å². The van der Waals surface area contributed by atoms with E-state index in [1.165, 1.54) is 0 Å². The van der Waals surface area contributed by atoms with Crippen LogP contribution in [0.4, 0.5) is 0 Å². The Bertz CT molecular complexity index is 212. The van der Waals surface area contributed by atoms with Crippen molar-refractivity contribution in [2.24, 2.45) is 5.41 Å². The van der Waals surface area contributed by atoms with Gasteiger partial charge in [0.1, 0.15) is 0 Å². The van der Waals surface area contributed by atoms with Crippen LogP contribution >= 0.6 is 0 Å². The first-order valence-corrected chi connectivity index (χ1v) is 5.79. The largest absolute Gasteiger partial charge is 0.395 e. The van der Waals surface area contributed by atoms with E-state index in [-0.39, 0.29) is 12.0 Å². The summed E-state index contributed by atoms with van der Waals surface area (Å²) in [6.45, 7) is 7.19. The number of hydrogen-bond acceptors (Lipinski definition) is 4. The third-order valence-electron chi connectivity index (χ3n) is 2.61. The highest BCUT2D eigenvalue weighted by atomic mass is 16.5. The van der Waals surface area contributed by atoms with Crippen molar-refractivity contribution in [2.75, 3.05) is 40.0 Å². The summed E-state index contributed by atoms with van der Waals surface area (Å²) in [5, 5.41) is 17.8. The summed E-state index contributed by atoms with van der Waals surface area (Å²) in [4.78, 5) is 2.16. The zero-order valence-electron chi connectivity index (χ0n) is 10.7. The molecule has 0 fully saturated rings. The van der Waals surface area contributed by atoms with Gasteiger partial charge in [-0.05, 0) is 33.2 Å². The molecule has 94 valence electrons. The smallest absolute Gasteiger partial charge is 0.0683 e. The third kappa shape index (κ3) is 7.63. The number of ether oxygens (including phenoxy) is 1. The lowest BCUT2D eigenvalue weighted by Crippen LogP contribution is -2.31. The molecule has 0 aromatic heterocycles. The topological polar surface area (TPSA) is 56.5 Å². The normalized spacial score (nSPS) is 11.8. The van der Waals surface area contributed by atoms with Crippen LogP contribution in [0.1, 0.15) is 26.7 Å². The monoisotopic (exact) mass is 228 g/mol. The Morgan fingerprint density at radius 2 is 2.00 bits per heavy atom. The molecule has 0 heterocycles. The summed E-state index contributed by atoms with van der Waals surface area (Å²) in [6.07, 6.45) is 1.86. The quantitative estimate of drug-likeness (QED) is 0.645. The third-order valence-corrected chi connectivity index (χ3v) is 2.61. The molecule has 0 unspecified atom stereocenters. The van der Waals surface area contributed by atoms with Crippen LogP contribution in [0.5, 0.6) is 0 Å². The first-order chi connectivity index (χ1) is 7.55. The number of nitrogens with zero attached hydrogens (tertiary/aromatic N) is 2. The lowest BCUT2D eigenvalue weighted by molar-refractivity contribution is 0.128. The van der Waals surface area contributed by atoms with Crippen molar-refractivity contribution in [2.45, 2.75) is 26.7 Å². The number of methoxy groups -OCH3 is 1. The van der Waals surface area contributed by atoms with E-state index in [9.17, 15) is 0 Å². The van der Waals surface area contributed by atoms with E-state index < -0.39 is 0 Å². The molecule has 0 rings (SSSR count). The fourth-order valence-corrected chi connectivity index (χ4v) is 1.50. The molecule has 0 spiro atoms. The molecule has 1 N–H and O–H groups in total. The molecule has 0 aliphatic heterocycles. The van der Waals surface area contributed by atoms with E-state index in [2.05, 4.69) is 11.0 Å². The van der Waals surface area contributed by atoms with Crippen molar-refractivity contribution in [1.82, 2.24) is 4.90 Å². The molecule has 0 saturated carbocycles. The van der Waals surface area contributed by atoms with E-state index in [0.29, 0.717) is 13.2 Å². The second-order valence-corrected chi connectivity index (χ2v) is 4.66. The zero-order valence-corrected chi connectivity index (χ0v) is 10.7. The van der Waals surface area contributed by atoms with Gasteiger partial charge in [0.2, 0.25) is 0 Å². The van der Waals surface area contributed by atoms with Gasteiger partial charge in [-0.15, -0.1) is 0 Å². The standard InChI is InChI=1S/C12H24N2O2/c1-12(2,11-13)5-4-6-14(7-9-15)8-10-16-3/h15H,4-10H2,1-3H3. The van der Waals surface area contributed by atoms with E-state index in [4.69, 9.17) is 15.1 Å². The first kappa shape index (κ1) is 15.4. The molecule has 0 aromatic rings. The highest BCUT2D eigenvalue weighted by Gasteiger charge is 2.16. The van der Waals surface area contributed by atoms with Crippen molar-refractivity contribution in [3.05, 3.63) is 0 Å². The zero-order chi connectivity index (χ0) is 12.4. The van der Waals surface area contributed by atoms with Crippen LogP contribution in [0.25, 0.3) is 0 Å². The van der Waals surface area contributed by atoms with Crippen molar-refractivity contribution < 1.29 is 9.84 Å². The molecule has 4 nitrogen and oxygen atoms in total. The van der Waals surface area contributed by atoms with Gasteiger partial charge in [0.05, 0.1) is 24.7 Å². The van der Waals surface area contributed by atoms with Gasteiger partial charge in [-0.3, -0.25) is 4.90 Å². The molecular formula is C12H24N2O2. The minimum atomic E-state index is -0.244. The number of hydrogen-bond donors (Lipinski definition) is 1. The second kappa shape index (κ2) is 8.51. The molecule has 0 bridgehead atoms. The van der Waals surface area contributed by atoms with Crippen LogP contribution < -0.4 is 0 Å². The molecule has 16 heavy (non-hydrogen) atoms. The van der Waals surface area contributed by atoms with Crippen LogP contribution in [-0.4, -0.2) is 50.0 Å². The molecule has 4 heteroatoms. The summed E-state index contributed by atoms with van der Waals surface area (Å²) in [7, 11) is 1.68. The Labute approximate surface area is 98.8 Å². The van der Waals surface area contributed by atoms with Gasteiger partial charge >= 0.3 is 0 Å². The average molecular weight is 228 g/mol. The number of nitriles is 1. The summed E-state index contributed by atoms with van der Waals surface area (Å²) in [5.41, 5.74) is -0.244. The predicted octanol–water partition coefficient (Wildman–Crippen LogP) is 1.26. The Balaban J connectivity index is 3.80. The fourth-order valence-electron chi connectivity index (χ4n) is 1.50. The molecule has 0 aliphatic carbocycles. The van der Waals surface area contributed by atoms with Gasteiger partial charge < -0.3 is 9.84 Å². The lowest BCUT2D eigenvalue weighted by Gasteiger charge is -2.22. The van der Waals surface area contributed by atoms with Gasteiger partial charge in [0, 0.05) is 20.2 Å². The van der Waals surface area contributed by atoms with Crippen LogP contribution in [0, 0.1) is 16.7 Å². The summed E-state index contributed by atoms with van der Waals surface area (Å²) >= 11 is 0. The Morgan fingerprint density at radius 1 is 1.31 bits per heavy atom. The van der Waals surface area contributed by atoms with Gasteiger partial charge in [0.25, 0.3) is 0 Å². The Hall–Kier alpha value is -0.630. The van der Waals surface area contributed by atoms with Crippen LogP contribution in [0.2, 0.25) is 0 Å². The van der Waals surface area contributed by atoms with Gasteiger partial charge in [0.15, 0.2) is 0 Å². The van der Waals surface area contributed by atoms with E-state index in [1.54, 1.807) is 7.11 Å². The average Bonchev–Trinajstić information content (AvgIpc) is 2.25. The maximum Gasteiger partial charge on any atom is 0.0683 e. The Morgan fingerprint density at radius 3 is 2.50 bits per heavy atom. The highest BCUT2D eigenvalue weighted by Crippen LogP contribution is 2.20. The van der Waals surface area contributed by atoms with Gasteiger partial charge in [-0.1, -0.05) is 0 Å². The summed E-state index contributed by atoms with van der Waals surface area (Å²) in [5.74, 6) is 0. The molecule has 0 amide bonds. The summed E-state index contributed by atoms with van der Waals surface area (Å²) < 4.78 is 5.01. The first-order valence-electron chi connectivity index (χ1n) is 5.79. The molecule has 0 atom stereocenters. The second-order valence-electron chi connectivity index (χ2n) is 4.66. The van der Waals surface area contributed by atoms with Crippen LogP contribution in [0.3, 0.4) is 0 Å². The SMILES string of the molecule is COCCN(CCO)CCCC(C)(C)C#N. The highest BCUT2D eigenvalue weighted by molar-refractivity contribution is 4.91. The number of rotatable bonds is 9. The predicted molar refractivity (Wildman–Crippen MR) is 64.0 cm³/mol. The van der Waals surface area contributed by atoms with Crippen molar-refractivity contribution in [3.8, 4) is 6.07 Å². The Kier molecular flexibility index (Phi) is 8.18. The minimum Gasteiger partial charge on any atom is -0.395 e. The van der Waals surface area contributed by atoms with E-state index >= 15 is 0 Å². The van der Waals surface area contributed by atoms with Crippen molar-refractivity contribution in [1.29, 1.82) is 5.26 Å². The number of aliphatic hydroxyl groups is 1. The molecular weight excluding hydrogens is 204 g/mol. The molecule has 0 aromatic carbocycles. The summed E-state index contributed by atoms with van der Waals surface area (Å²) in [6, 6.07) is 2.30. The molecule has 0 aliphatic rings. The van der Waals surface area contributed by atoms with E-state index in [0.717, 1.165) is 25.9 Å². The maximum absolute atomic E-state index is 8.91. The van der Waals surface area contributed by atoms with Crippen LogP contribution in [0.15, 0.2) is 0 Å². The fraction of sp³-hybridized carbons (Fsp3) is 0.917. The maximum atomic E-state index is 8.91. The number of aliphatic hydroxyl groups excluding tert-OH is 1. The van der Waals surface area contributed by atoms with Crippen molar-refractivity contribution >= 4 is 0 Å². The van der Waals surface area contributed by atoms with Gasteiger partial charge in [-0.25, -0.2) is 0 Å².